The molecule has 13 heavy (non-hydrogen) atoms. The highest BCUT2D eigenvalue weighted by Gasteiger charge is 1.98. The second-order valence-electron chi connectivity index (χ2n) is 2.85. The molecule has 4 heteroatoms. The zero-order valence-corrected chi connectivity index (χ0v) is 8.34. The Balaban J connectivity index is 3.11. The second-order valence-corrected chi connectivity index (χ2v) is 2.85. The number of nitrogens with two attached hydrogens (primary N) is 1. The monoisotopic (exact) mass is 188 g/mol. The first kappa shape index (κ1) is 12.4. The van der Waals surface area contributed by atoms with Crippen molar-refractivity contribution >= 4 is 5.91 Å². The minimum atomic E-state index is 0.0606. The van der Waals surface area contributed by atoms with Gasteiger partial charge in [0, 0.05) is 19.5 Å². The number of hydrogen-bond donors (Lipinski definition) is 2. The lowest BCUT2D eigenvalue weighted by molar-refractivity contribution is -0.122. The zero-order chi connectivity index (χ0) is 9.94. The van der Waals surface area contributed by atoms with Crippen LogP contribution in [0.1, 0.15) is 26.2 Å². The molecule has 3 N–H and O–H groups in total. The van der Waals surface area contributed by atoms with Gasteiger partial charge in [0.2, 0.25) is 5.91 Å². The first-order valence-corrected chi connectivity index (χ1v) is 4.85. The predicted octanol–water partition coefficient (Wildman–Crippen LogP) is 0.268. The van der Waals surface area contributed by atoms with Gasteiger partial charge >= 0.3 is 0 Å². The highest BCUT2D eigenvalue weighted by Crippen LogP contribution is 1.85. The number of hydrogen-bond acceptors (Lipinski definition) is 3. The van der Waals surface area contributed by atoms with E-state index in [1.165, 1.54) is 0 Å². The SMILES string of the molecule is CCCCNC(=O)CCOCCN. The van der Waals surface area contributed by atoms with Crippen LogP contribution in [-0.4, -0.2) is 32.2 Å². The van der Waals surface area contributed by atoms with E-state index in [9.17, 15) is 4.79 Å². The summed E-state index contributed by atoms with van der Waals surface area (Å²) < 4.78 is 5.07. The molecule has 0 fully saturated rings. The molecule has 78 valence electrons. The van der Waals surface area contributed by atoms with Crippen LogP contribution in [0.4, 0.5) is 0 Å². The minimum Gasteiger partial charge on any atom is -0.380 e. The molecule has 0 spiro atoms. The third-order valence-electron chi connectivity index (χ3n) is 1.59. The molecule has 0 aliphatic rings. The molecule has 0 saturated heterocycles. The standard InChI is InChI=1S/C9H20N2O2/c1-2-3-6-11-9(12)4-7-13-8-5-10/h2-8,10H2,1H3,(H,11,12). The van der Waals surface area contributed by atoms with Crippen LogP contribution in [0.2, 0.25) is 0 Å². The summed E-state index contributed by atoms with van der Waals surface area (Å²) in [4.78, 5) is 11.1. The fourth-order valence-electron chi connectivity index (χ4n) is 0.843. The quantitative estimate of drug-likeness (QED) is 0.537. The van der Waals surface area contributed by atoms with Crippen LogP contribution in [0.15, 0.2) is 0 Å². The molecule has 0 atom stereocenters. The van der Waals surface area contributed by atoms with Gasteiger partial charge in [-0.1, -0.05) is 13.3 Å². The molecule has 0 saturated carbocycles. The topological polar surface area (TPSA) is 64.3 Å². The summed E-state index contributed by atoms with van der Waals surface area (Å²) >= 11 is 0. The lowest BCUT2D eigenvalue weighted by Crippen LogP contribution is -2.25. The number of amides is 1. The first-order valence-electron chi connectivity index (χ1n) is 4.85. The van der Waals surface area contributed by atoms with Crippen molar-refractivity contribution in [3.05, 3.63) is 0 Å². The number of unbranched alkanes of at least 4 members (excludes halogenated alkanes) is 1. The van der Waals surface area contributed by atoms with Gasteiger partial charge in [0.05, 0.1) is 13.2 Å². The summed E-state index contributed by atoms with van der Waals surface area (Å²) in [6.07, 6.45) is 2.57. The summed E-state index contributed by atoms with van der Waals surface area (Å²) in [6.45, 7) is 4.37. The van der Waals surface area contributed by atoms with Crippen molar-refractivity contribution in [1.82, 2.24) is 5.32 Å². The summed E-state index contributed by atoms with van der Waals surface area (Å²) in [5.41, 5.74) is 5.22. The van der Waals surface area contributed by atoms with Crippen LogP contribution in [0, 0.1) is 0 Å². The molecule has 0 aliphatic heterocycles. The lowest BCUT2D eigenvalue weighted by Gasteiger charge is -2.04. The number of nitrogens with one attached hydrogen (secondary N) is 1. The van der Waals surface area contributed by atoms with Gasteiger partial charge in [0.1, 0.15) is 0 Å². The Morgan fingerprint density at radius 2 is 2.23 bits per heavy atom. The van der Waals surface area contributed by atoms with E-state index < -0.39 is 0 Å². The molecule has 4 nitrogen and oxygen atoms in total. The highest BCUT2D eigenvalue weighted by molar-refractivity contribution is 5.75. The third kappa shape index (κ3) is 9.30. The van der Waals surface area contributed by atoms with Gasteiger partial charge in [-0.15, -0.1) is 0 Å². The van der Waals surface area contributed by atoms with Crippen LogP contribution in [0.3, 0.4) is 0 Å². The normalized spacial score (nSPS) is 10.0. The van der Waals surface area contributed by atoms with Crippen molar-refractivity contribution in [1.29, 1.82) is 0 Å². The first-order chi connectivity index (χ1) is 6.31. The molecule has 0 bridgehead atoms. The molecule has 0 unspecified atom stereocenters. The average molecular weight is 188 g/mol. The predicted molar refractivity (Wildman–Crippen MR) is 52.4 cm³/mol. The van der Waals surface area contributed by atoms with Gasteiger partial charge in [0.25, 0.3) is 0 Å². The van der Waals surface area contributed by atoms with E-state index in [1.54, 1.807) is 0 Å². The van der Waals surface area contributed by atoms with Crippen molar-refractivity contribution in [2.45, 2.75) is 26.2 Å². The van der Waals surface area contributed by atoms with Crippen LogP contribution < -0.4 is 11.1 Å². The Bertz CT molecular complexity index is 129. The van der Waals surface area contributed by atoms with Gasteiger partial charge in [-0.2, -0.15) is 0 Å². The Kier molecular flexibility index (Phi) is 9.03. The molecular formula is C9H20N2O2. The summed E-state index contributed by atoms with van der Waals surface area (Å²) in [5.74, 6) is 0.0606. The van der Waals surface area contributed by atoms with Gasteiger partial charge < -0.3 is 15.8 Å². The Labute approximate surface area is 79.8 Å². The average Bonchev–Trinajstić information content (AvgIpc) is 2.13. The molecule has 0 aliphatic carbocycles. The van der Waals surface area contributed by atoms with E-state index in [0.717, 1.165) is 19.4 Å². The Morgan fingerprint density at radius 1 is 1.46 bits per heavy atom. The van der Waals surface area contributed by atoms with E-state index in [2.05, 4.69) is 12.2 Å². The lowest BCUT2D eigenvalue weighted by atomic mass is 10.3. The number of ether oxygens (including phenoxy) is 1. The van der Waals surface area contributed by atoms with E-state index in [-0.39, 0.29) is 5.91 Å². The largest absolute Gasteiger partial charge is 0.380 e. The van der Waals surface area contributed by atoms with Crippen molar-refractivity contribution < 1.29 is 9.53 Å². The van der Waals surface area contributed by atoms with Gasteiger partial charge in [-0.05, 0) is 6.42 Å². The molecule has 0 aromatic heterocycles. The number of rotatable bonds is 8. The molecular weight excluding hydrogens is 168 g/mol. The van der Waals surface area contributed by atoms with Crippen LogP contribution in [-0.2, 0) is 9.53 Å². The molecule has 1 amide bonds. The Hall–Kier alpha value is -0.610. The Morgan fingerprint density at radius 3 is 2.85 bits per heavy atom. The zero-order valence-electron chi connectivity index (χ0n) is 8.34. The van der Waals surface area contributed by atoms with Crippen molar-refractivity contribution in [3.63, 3.8) is 0 Å². The van der Waals surface area contributed by atoms with Crippen LogP contribution in [0.5, 0.6) is 0 Å². The molecule has 0 heterocycles. The summed E-state index contributed by atoms with van der Waals surface area (Å²) in [7, 11) is 0. The fraction of sp³-hybridized carbons (Fsp3) is 0.889. The number of carbonyl (C=O) groups excluding carboxylic acids is 1. The van der Waals surface area contributed by atoms with Crippen molar-refractivity contribution in [2.75, 3.05) is 26.3 Å². The van der Waals surface area contributed by atoms with Crippen LogP contribution >= 0.6 is 0 Å². The van der Waals surface area contributed by atoms with Gasteiger partial charge in [0.15, 0.2) is 0 Å². The molecule has 0 radical (unpaired) electrons. The van der Waals surface area contributed by atoms with Crippen molar-refractivity contribution in [3.8, 4) is 0 Å². The fourth-order valence-corrected chi connectivity index (χ4v) is 0.843. The summed E-state index contributed by atoms with van der Waals surface area (Å²) in [5, 5.41) is 2.81. The van der Waals surface area contributed by atoms with Gasteiger partial charge in [-0.3, -0.25) is 4.79 Å². The maximum atomic E-state index is 11.1. The van der Waals surface area contributed by atoms with E-state index in [1.807, 2.05) is 0 Å². The van der Waals surface area contributed by atoms with E-state index in [4.69, 9.17) is 10.5 Å². The third-order valence-corrected chi connectivity index (χ3v) is 1.59. The smallest absolute Gasteiger partial charge is 0.222 e. The highest BCUT2D eigenvalue weighted by atomic mass is 16.5. The van der Waals surface area contributed by atoms with Crippen molar-refractivity contribution in [2.24, 2.45) is 5.73 Å². The molecule has 0 aromatic rings. The minimum absolute atomic E-state index is 0.0606. The van der Waals surface area contributed by atoms with E-state index >= 15 is 0 Å². The molecule has 0 aromatic carbocycles. The van der Waals surface area contributed by atoms with E-state index in [0.29, 0.717) is 26.2 Å². The van der Waals surface area contributed by atoms with Crippen LogP contribution in [0.25, 0.3) is 0 Å². The molecule has 0 rings (SSSR count). The van der Waals surface area contributed by atoms with Gasteiger partial charge in [-0.25, -0.2) is 0 Å². The second kappa shape index (κ2) is 9.48. The number of carbonyl (C=O) groups is 1. The summed E-state index contributed by atoms with van der Waals surface area (Å²) in [6, 6.07) is 0. The maximum Gasteiger partial charge on any atom is 0.222 e. The maximum absolute atomic E-state index is 11.1.